The van der Waals surface area contributed by atoms with Crippen LogP contribution in [0.15, 0.2) is 134 Å². The van der Waals surface area contributed by atoms with Gasteiger partial charge in [0, 0.05) is 38.9 Å². The number of hydrogen-bond acceptors (Lipinski definition) is 2. The standard InChI is InChI=1S/C44H28N4O/c1-43(2)31-16-9-14-28-25-11-3-4-12-26(25)30-15-10-24-46-42(30)48(39(28)31)41-32(43)20-22-35-38(41)44(46)37-34(49-35)21-19-29-27-13-5-6-17-33(27)47(40(29)37)36-18-7-8-23-45(36)44/h3-24H,1-2H3/q+2. The number of anilines is 3. The van der Waals surface area contributed by atoms with Gasteiger partial charge in [-0.3, -0.25) is 0 Å². The number of nitrogens with zero attached hydrogens (tertiary/aromatic N) is 4. The Morgan fingerprint density at radius 2 is 1.27 bits per heavy atom. The monoisotopic (exact) mass is 628 g/mol. The molecule has 0 amide bonds. The molecule has 0 saturated carbocycles. The molecule has 13 rings (SSSR count). The highest BCUT2D eigenvalue weighted by molar-refractivity contribution is 6.12. The molecule has 0 N–H and O–H groups in total. The molecule has 228 valence electrons. The predicted octanol–water partition coefficient (Wildman–Crippen LogP) is 9.15. The van der Waals surface area contributed by atoms with Gasteiger partial charge in [-0.05, 0) is 59.7 Å². The Hall–Kier alpha value is -6.20. The fourth-order valence-electron chi connectivity index (χ4n) is 10.3. The molecule has 0 aliphatic carbocycles. The lowest BCUT2D eigenvalue weighted by molar-refractivity contribution is -0.965. The van der Waals surface area contributed by atoms with Crippen LogP contribution in [0.25, 0.3) is 49.9 Å². The Labute approximate surface area is 282 Å². The topological polar surface area (TPSA) is 25.2 Å². The zero-order chi connectivity index (χ0) is 32.0. The molecule has 5 aromatic carbocycles. The van der Waals surface area contributed by atoms with Gasteiger partial charge in [0.1, 0.15) is 33.8 Å². The first kappa shape index (κ1) is 24.9. The average Bonchev–Trinajstić information content (AvgIpc) is 3.42. The summed E-state index contributed by atoms with van der Waals surface area (Å²) in [6, 6.07) is 44.9. The molecule has 0 bridgehead atoms. The summed E-state index contributed by atoms with van der Waals surface area (Å²) in [4.78, 5) is 2.59. The summed E-state index contributed by atoms with van der Waals surface area (Å²) >= 11 is 0. The Balaban J connectivity index is 1.35. The minimum Gasteiger partial charge on any atom is -0.456 e. The maximum Gasteiger partial charge on any atom is 0.321 e. The van der Waals surface area contributed by atoms with E-state index in [9.17, 15) is 0 Å². The third-order valence-electron chi connectivity index (χ3n) is 12.1. The summed E-state index contributed by atoms with van der Waals surface area (Å²) < 4.78 is 14.7. The Morgan fingerprint density at radius 3 is 2.18 bits per heavy atom. The molecule has 1 atom stereocenters. The summed E-state index contributed by atoms with van der Waals surface area (Å²) in [5.74, 6) is 4.11. The van der Waals surface area contributed by atoms with E-state index in [2.05, 4.69) is 166 Å². The number of para-hydroxylation sites is 2. The average molecular weight is 629 g/mol. The lowest BCUT2D eigenvalue weighted by Gasteiger charge is -2.47. The molecule has 5 nitrogen and oxygen atoms in total. The van der Waals surface area contributed by atoms with Crippen molar-refractivity contribution in [1.29, 1.82) is 0 Å². The van der Waals surface area contributed by atoms with Gasteiger partial charge in [-0.1, -0.05) is 80.6 Å². The van der Waals surface area contributed by atoms with Crippen LogP contribution >= 0.6 is 0 Å². The van der Waals surface area contributed by atoms with Gasteiger partial charge in [0.2, 0.25) is 0 Å². The van der Waals surface area contributed by atoms with E-state index >= 15 is 0 Å². The zero-order valence-electron chi connectivity index (χ0n) is 26.9. The van der Waals surface area contributed by atoms with Crippen LogP contribution in [-0.4, -0.2) is 4.57 Å². The van der Waals surface area contributed by atoms with Crippen molar-refractivity contribution in [2.45, 2.75) is 24.9 Å². The third kappa shape index (κ3) is 2.44. The van der Waals surface area contributed by atoms with Gasteiger partial charge < -0.3 is 4.74 Å². The van der Waals surface area contributed by atoms with Crippen molar-refractivity contribution in [3.8, 4) is 39.6 Å². The largest absolute Gasteiger partial charge is 0.456 e. The molecule has 3 aromatic heterocycles. The Kier molecular flexibility index (Phi) is 3.93. The summed E-state index contributed by atoms with van der Waals surface area (Å²) in [5.41, 5.74) is 13.9. The molecule has 49 heavy (non-hydrogen) atoms. The second kappa shape index (κ2) is 7.74. The van der Waals surface area contributed by atoms with Gasteiger partial charge in [0.15, 0.2) is 11.2 Å². The number of pyridine rings is 2. The maximum atomic E-state index is 7.11. The van der Waals surface area contributed by atoms with Crippen molar-refractivity contribution >= 4 is 39.0 Å². The van der Waals surface area contributed by atoms with Crippen LogP contribution in [-0.2, 0) is 11.1 Å². The van der Waals surface area contributed by atoms with Crippen LogP contribution in [0.5, 0.6) is 11.5 Å². The number of benzene rings is 5. The number of aromatic nitrogens is 3. The Morgan fingerprint density at radius 1 is 0.551 bits per heavy atom. The minimum atomic E-state index is -0.765. The Bertz CT molecular complexity index is 2920. The second-order valence-electron chi connectivity index (χ2n) is 14.5. The smallest absolute Gasteiger partial charge is 0.321 e. The first-order valence-corrected chi connectivity index (χ1v) is 17.1. The molecule has 8 aromatic rings. The normalized spacial score (nSPS) is 18.4. The van der Waals surface area contributed by atoms with Crippen LogP contribution in [0.3, 0.4) is 0 Å². The summed E-state index contributed by atoms with van der Waals surface area (Å²) in [6.45, 7) is 4.79. The van der Waals surface area contributed by atoms with Crippen molar-refractivity contribution in [2.75, 3.05) is 4.90 Å². The van der Waals surface area contributed by atoms with E-state index in [1.807, 2.05) is 0 Å². The van der Waals surface area contributed by atoms with E-state index in [0.29, 0.717) is 0 Å². The van der Waals surface area contributed by atoms with Gasteiger partial charge >= 0.3 is 5.66 Å². The van der Waals surface area contributed by atoms with Crippen molar-refractivity contribution < 1.29 is 13.9 Å². The van der Waals surface area contributed by atoms with Crippen LogP contribution in [0.4, 0.5) is 17.2 Å². The van der Waals surface area contributed by atoms with E-state index in [0.717, 1.165) is 17.3 Å². The van der Waals surface area contributed by atoms with Crippen LogP contribution in [0.1, 0.15) is 36.1 Å². The van der Waals surface area contributed by atoms with Crippen molar-refractivity contribution in [1.82, 2.24) is 4.57 Å². The number of fused-ring (bicyclic) bond motifs is 8. The molecule has 5 aliphatic rings. The zero-order valence-corrected chi connectivity index (χ0v) is 26.9. The molecule has 0 saturated heterocycles. The molecule has 1 unspecified atom stereocenters. The van der Waals surface area contributed by atoms with Gasteiger partial charge in [-0.25, -0.2) is 0 Å². The second-order valence-corrected chi connectivity index (χ2v) is 14.5. The minimum absolute atomic E-state index is 0.260. The molecule has 5 aliphatic heterocycles. The SMILES string of the molecule is CC1(C)c2cccc3c2N2c4c1ccc1c4C4(c5c(ccc6c7ccccc7n(c56)-c5cccc[n+]54)O1)[n+]1cccc(c12)-c1ccccc1-3. The van der Waals surface area contributed by atoms with Crippen LogP contribution in [0, 0.1) is 0 Å². The lowest BCUT2D eigenvalue weighted by atomic mass is 9.69. The fraction of sp³-hybridized carbons (Fsp3) is 0.0909. The lowest BCUT2D eigenvalue weighted by Crippen LogP contribution is -2.79. The molecule has 5 heteroatoms. The third-order valence-corrected chi connectivity index (χ3v) is 12.1. The maximum absolute atomic E-state index is 7.11. The summed E-state index contributed by atoms with van der Waals surface area (Å²) in [7, 11) is 0. The first-order chi connectivity index (χ1) is 24.1. The van der Waals surface area contributed by atoms with E-state index in [1.165, 1.54) is 83.5 Å². The highest BCUT2D eigenvalue weighted by atomic mass is 16.5. The highest BCUT2D eigenvalue weighted by Gasteiger charge is 2.67. The molecular formula is C44H28N4O+2. The quantitative estimate of drug-likeness (QED) is 0.157. The number of rotatable bonds is 0. The summed E-state index contributed by atoms with van der Waals surface area (Å²) in [6.07, 6.45) is 4.59. The highest BCUT2D eigenvalue weighted by Crippen LogP contribution is 2.65. The molecule has 1 spiro atoms. The number of ether oxygens (including phenoxy) is 1. The van der Waals surface area contributed by atoms with Crippen LogP contribution < -0.4 is 18.8 Å². The van der Waals surface area contributed by atoms with Crippen molar-refractivity contribution in [2.24, 2.45) is 0 Å². The fourth-order valence-corrected chi connectivity index (χ4v) is 10.3. The summed E-state index contributed by atoms with van der Waals surface area (Å²) in [5, 5.41) is 2.49. The first-order valence-electron chi connectivity index (χ1n) is 17.1. The van der Waals surface area contributed by atoms with Gasteiger partial charge in [-0.15, -0.1) is 0 Å². The van der Waals surface area contributed by atoms with Gasteiger partial charge in [-0.2, -0.15) is 18.6 Å². The van der Waals surface area contributed by atoms with Crippen molar-refractivity contribution in [3.63, 3.8) is 0 Å². The van der Waals surface area contributed by atoms with E-state index in [4.69, 9.17) is 4.74 Å². The van der Waals surface area contributed by atoms with E-state index < -0.39 is 5.66 Å². The molecule has 8 heterocycles. The van der Waals surface area contributed by atoms with Crippen LogP contribution in [0.2, 0.25) is 0 Å². The molecule has 0 radical (unpaired) electrons. The van der Waals surface area contributed by atoms with Gasteiger partial charge in [0.05, 0.1) is 18.0 Å². The van der Waals surface area contributed by atoms with E-state index in [1.54, 1.807) is 0 Å². The van der Waals surface area contributed by atoms with Gasteiger partial charge in [0.25, 0.3) is 11.6 Å². The predicted molar refractivity (Wildman–Crippen MR) is 191 cm³/mol. The number of hydrogen-bond donors (Lipinski definition) is 0. The molecular weight excluding hydrogens is 601 g/mol. The van der Waals surface area contributed by atoms with E-state index in [-0.39, 0.29) is 5.41 Å². The van der Waals surface area contributed by atoms with Crippen molar-refractivity contribution in [3.05, 3.63) is 156 Å². The molecule has 0 fully saturated rings.